The fraction of sp³-hybridized carbons (Fsp3) is 0.231. The molecule has 0 radical (unpaired) electrons. The molecule has 5 nitrogen and oxygen atoms in total. The van der Waals surface area contributed by atoms with Crippen LogP contribution in [0.5, 0.6) is 11.5 Å². The molecular formula is C26H26N2O3S. The van der Waals surface area contributed by atoms with E-state index < -0.39 is 0 Å². The number of amides is 1. The highest BCUT2D eigenvalue weighted by molar-refractivity contribution is 7.16. The van der Waals surface area contributed by atoms with Crippen LogP contribution in [0.15, 0.2) is 72.2 Å². The van der Waals surface area contributed by atoms with Gasteiger partial charge in [0.2, 0.25) is 0 Å². The third kappa shape index (κ3) is 4.75. The average Bonchev–Trinajstić information content (AvgIpc) is 3.31. The average molecular weight is 447 g/mol. The number of aromatic nitrogens is 1. The minimum Gasteiger partial charge on any atom is -0.493 e. The smallest absolute Gasteiger partial charge is 0.254 e. The van der Waals surface area contributed by atoms with Gasteiger partial charge in [0.25, 0.3) is 5.91 Å². The normalized spacial score (nSPS) is 11.8. The Bertz CT molecular complexity index is 1210. The predicted molar refractivity (Wildman–Crippen MR) is 129 cm³/mol. The van der Waals surface area contributed by atoms with E-state index in [-0.39, 0.29) is 11.8 Å². The Morgan fingerprint density at radius 2 is 1.78 bits per heavy atom. The number of methoxy groups -OCH3 is 2. The lowest BCUT2D eigenvalue weighted by molar-refractivity contribution is 0.0734. The van der Waals surface area contributed by atoms with Crippen molar-refractivity contribution in [1.29, 1.82) is 0 Å². The lowest BCUT2D eigenvalue weighted by Crippen LogP contribution is -2.33. The number of ether oxygens (including phenoxy) is 2. The van der Waals surface area contributed by atoms with Crippen LogP contribution in [0.2, 0.25) is 0 Å². The molecule has 0 bridgehead atoms. The summed E-state index contributed by atoms with van der Waals surface area (Å²) in [6.45, 7) is 3.21. The molecule has 1 unspecified atom stereocenters. The van der Waals surface area contributed by atoms with Crippen molar-refractivity contribution in [2.75, 3.05) is 20.8 Å². The van der Waals surface area contributed by atoms with E-state index in [1.165, 1.54) is 5.56 Å². The summed E-state index contributed by atoms with van der Waals surface area (Å²) in [5, 5.41) is 0. The van der Waals surface area contributed by atoms with Gasteiger partial charge in [-0.05, 0) is 47.4 Å². The molecule has 1 atom stereocenters. The number of hydrogen-bond donors (Lipinski definition) is 0. The molecule has 6 heteroatoms. The van der Waals surface area contributed by atoms with Crippen molar-refractivity contribution in [1.82, 2.24) is 9.88 Å². The summed E-state index contributed by atoms with van der Waals surface area (Å²) in [5.74, 6) is 1.51. The van der Waals surface area contributed by atoms with Gasteiger partial charge in [0.1, 0.15) is 0 Å². The van der Waals surface area contributed by atoms with Crippen molar-refractivity contribution in [2.45, 2.75) is 19.4 Å². The highest BCUT2D eigenvalue weighted by atomic mass is 32.1. The highest BCUT2D eigenvalue weighted by Crippen LogP contribution is 2.29. The van der Waals surface area contributed by atoms with Gasteiger partial charge in [-0.2, -0.15) is 0 Å². The Hall–Kier alpha value is -3.38. The molecule has 0 aliphatic carbocycles. The zero-order valence-corrected chi connectivity index (χ0v) is 19.3. The molecule has 3 aromatic carbocycles. The molecule has 0 saturated carbocycles. The summed E-state index contributed by atoms with van der Waals surface area (Å²) in [6.07, 6.45) is 0. The van der Waals surface area contributed by atoms with Gasteiger partial charge in [-0.3, -0.25) is 4.79 Å². The van der Waals surface area contributed by atoms with Gasteiger partial charge in [0, 0.05) is 18.7 Å². The standard InChI is InChI=1S/C26H26N2O3S/c1-18(20-7-5-4-6-8-20)15-28(16-19-9-12-23(30-2)24(13-19)31-3)26(29)21-10-11-22-25(14-21)32-17-27-22/h4-14,17-18H,15-16H2,1-3H3. The number of rotatable bonds is 8. The van der Waals surface area contributed by atoms with E-state index >= 15 is 0 Å². The second-order valence-electron chi connectivity index (χ2n) is 7.72. The first-order valence-electron chi connectivity index (χ1n) is 10.5. The van der Waals surface area contributed by atoms with Crippen molar-refractivity contribution in [3.05, 3.63) is 88.9 Å². The van der Waals surface area contributed by atoms with Crippen LogP contribution in [-0.4, -0.2) is 36.6 Å². The molecule has 164 valence electrons. The second-order valence-corrected chi connectivity index (χ2v) is 8.61. The molecule has 1 amide bonds. The number of benzene rings is 3. The summed E-state index contributed by atoms with van der Waals surface area (Å²) < 4.78 is 11.8. The maximum absolute atomic E-state index is 13.6. The van der Waals surface area contributed by atoms with Crippen molar-refractivity contribution in [3.8, 4) is 11.5 Å². The van der Waals surface area contributed by atoms with Crippen molar-refractivity contribution in [2.24, 2.45) is 0 Å². The van der Waals surface area contributed by atoms with E-state index in [0.717, 1.165) is 15.8 Å². The lowest BCUT2D eigenvalue weighted by Gasteiger charge is -2.27. The van der Waals surface area contributed by atoms with Gasteiger partial charge >= 0.3 is 0 Å². The molecule has 4 rings (SSSR count). The Morgan fingerprint density at radius 3 is 2.53 bits per heavy atom. The SMILES string of the molecule is COc1ccc(CN(CC(C)c2ccccc2)C(=O)c2ccc3ncsc3c2)cc1OC. The van der Waals surface area contributed by atoms with Crippen LogP contribution in [0, 0.1) is 0 Å². The van der Waals surface area contributed by atoms with E-state index in [0.29, 0.717) is 30.2 Å². The predicted octanol–water partition coefficient (Wildman–Crippen LogP) is 5.76. The molecule has 1 aromatic heterocycles. The first-order valence-corrected chi connectivity index (χ1v) is 11.4. The Labute approximate surface area is 192 Å². The molecule has 0 aliphatic heterocycles. The maximum Gasteiger partial charge on any atom is 0.254 e. The summed E-state index contributed by atoms with van der Waals surface area (Å²) >= 11 is 1.54. The van der Waals surface area contributed by atoms with Crippen LogP contribution in [0.3, 0.4) is 0 Å². The van der Waals surface area contributed by atoms with Gasteiger partial charge in [0.15, 0.2) is 11.5 Å². The highest BCUT2D eigenvalue weighted by Gasteiger charge is 2.21. The van der Waals surface area contributed by atoms with Gasteiger partial charge in [-0.1, -0.05) is 43.3 Å². The number of fused-ring (bicyclic) bond motifs is 1. The molecule has 0 N–H and O–H groups in total. The zero-order valence-electron chi connectivity index (χ0n) is 18.4. The first-order chi connectivity index (χ1) is 15.6. The summed E-state index contributed by atoms with van der Waals surface area (Å²) in [5.41, 5.74) is 5.57. The fourth-order valence-electron chi connectivity index (χ4n) is 3.81. The monoisotopic (exact) mass is 446 g/mol. The fourth-order valence-corrected chi connectivity index (χ4v) is 4.52. The second kappa shape index (κ2) is 9.83. The first kappa shape index (κ1) is 21.8. The van der Waals surface area contributed by atoms with Crippen molar-refractivity contribution in [3.63, 3.8) is 0 Å². The van der Waals surface area contributed by atoms with E-state index in [9.17, 15) is 4.79 Å². The topological polar surface area (TPSA) is 51.7 Å². The molecule has 32 heavy (non-hydrogen) atoms. The number of thiazole rings is 1. The molecule has 1 heterocycles. The number of hydrogen-bond acceptors (Lipinski definition) is 5. The number of nitrogens with zero attached hydrogens (tertiary/aromatic N) is 2. The Morgan fingerprint density at radius 1 is 1.00 bits per heavy atom. The van der Waals surface area contributed by atoms with Crippen LogP contribution in [0.4, 0.5) is 0 Å². The van der Waals surface area contributed by atoms with Gasteiger partial charge in [-0.25, -0.2) is 4.98 Å². The van der Waals surface area contributed by atoms with Crippen LogP contribution < -0.4 is 9.47 Å². The maximum atomic E-state index is 13.6. The molecule has 0 fully saturated rings. The summed E-state index contributed by atoms with van der Waals surface area (Å²) in [4.78, 5) is 19.8. The van der Waals surface area contributed by atoms with Crippen LogP contribution in [0.1, 0.15) is 34.3 Å². The largest absolute Gasteiger partial charge is 0.493 e. The Kier molecular flexibility index (Phi) is 6.71. The van der Waals surface area contributed by atoms with E-state index in [4.69, 9.17) is 9.47 Å². The quantitative estimate of drug-likeness (QED) is 0.345. The zero-order chi connectivity index (χ0) is 22.5. The number of carbonyl (C=O) groups excluding carboxylic acids is 1. The third-order valence-corrected chi connectivity index (χ3v) is 6.34. The third-order valence-electron chi connectivity index (χ3n) is 5.55. The molecule has 0 saturated heterocycles. The van der Waals surface area contributed by atoms with Crippen LogP contribution >= 0.6 is 11.3 Å². The van der Waals surface area contributed by atoms with Crippen LogP contribution in [0.25, 0.3) is 10.2 Å². The summed E-state index contributed by atoms with van der Waals surface area (Å²) in [7, 11) is 3.23. The molecule has 0 aliphatic rings. The van der Waals surface area contributed by atoms with Gasteiger partial charge in [-0.15, -0.1) is 11.3 Å². The number of carbonyl (C=O) groups is 1. The van der Waals surface area contributed by atoms with Gasteiger partial charge < -0.3 is 14.4 Å². The van der Waals surface area contributed by atoms with E-state index in [1.807, 2.05) is 59.5 Å². The minimum absolute atomic E-state index is 0.00198. The van der Waals surface area contributed by atoms with Gasteiger partial charge in [0.05, 0.1) is 29.9 Å². The van der Waals surface area contributed by atoms with E-state index in [2.05, 4.69) is 24.0 Å². The summed E-state index contributed by atoms with van der Waals surface area (Å²) in [6, 6.07) is 21.8. The molecule has 4 aromatic rings. The van der Waals surface area contributed by atoms with E-state index in [1.54, 1.807) is 31.1 Å². The molecule has 0 spiro atoms. The molecular weight excluding hydrogens is 420 g/mol. The van der Waals surface area contributed by atoms with Crippen molar-refractivity contribution >= 4 is 27.5 Å². The van der Waals surface area contributed by atoms with Crippen molar-refractivity contribution < 1.29 is 14.3 Å². The van der Waals surface area contributed by atoms with Crippen LogP contribution in [-0.2, 0) is 6.54 Å². The Balaban J connectivity index is 1.64. The minimum atomic E-state index is -0.00198. The lowest BCUT2D eigenvalue weighted by atomic mass is 10.00.